The molecule has 5 rings (SSSR count). The minimum atomic E-state index is -0.546. The Kier molecular flexibility index (Phi) is 5.84. The molecule has 1 unspecified atom stereocenters. The standard InChI is InChI=1S/C29H27N3O2/c1-2-19-13-15-22(16-14-19)32-23-11-6-12-24(33)26(23)25(21-10-7-17-31-18-21)27(29(32)30)28(34)20-8-4-3-5-9-20/h3-5,7-10,13-18,25,30,34H,2,6,11-12H2,1H3/b28-27+,30-29?. The van der Waals surface area contributed by atoms with E-state index in [0.717, 1.165) is 29.8 Å². The number of carbonyl (C=O) groups excluding carboxylic acids is 1. The molecule has 3 aromatic rings. The average molecular weight is 450 g/mol. The normalized spacial score (nSPS) is 19.8. The first-order valence-electron chi connectivity index (χ1n) is 11.7. The number of hydrogen-bond acceptors (Lipinski definition) is 4. The summed E-state index contributed by atoms with van der Waals surface area (Å²) in [4.78, 5) is 19.6. The van der Waals surface area contributed by atoms with Gasteiger partial charge in [0, 0.05) is 52.8 Å². The molecule has 0 saturated carbocycles. The summed E-state index contributed by atoms with van der Waals surface area (Å²) in [5, 5.41) is 20.9. The van der Waals surface area contributed by atoms with Crippen LogP contribution < -0.4 is 4.90 Å². The van der Waals surface area contributed by atoms with Crippen molar-refractivity contribution in [1.82, 2.24) is 4.98 Å². The van der Waals surface area contributed by atoms with Crippen LogP contribution in [0.1, 0.15) is 48.8 Å². The lowest BCUT2D eigenvalue weighted by molar-refractivity contribution is -0.116. The Morgan fingerprint density at radius 2 is 1.82 bits per heavy atom. The summed E-state index contributed by atoms with van der Waals surface area (Å²) in [5.74, 6) is -0.279. The maximum absolute atomic E-state index is 13.4. The number of aromatic nitrogens is 1. The number of aliphatic hydroxyl groups is 1. The molecule has 5 heteroatoms. The summed E-state index contributed by atoms with van der Waals surface area (Å²) < 4.78 is 0. The molecule has 2 aliphatic rings. The molecule has 1 aromatic heterocycles. The second kappa shape index (κ2) is 9.10. The third kappa shape index (κ3) is 3.73. The van der Waals surface area contributed by atoms with Crippen LogP contribution in [0, 0.1) is 5.41 Å². The Hall–Kier alpha value is -3.99. The third-order valence-corrected chi connectivity index (χ3v) is 6.68. The van der Waals surface area contributed by atoms with Gasteiger partial charge in [-0.2, -0.15) is 0 Å². The summed E-state index contributed by atoms with van der Waals surface area (Å²) >= 11 is 0. The largest absolute Gasteiger partial charge is 0.507 e. The fourth-order valence-corrected chi connectivity index (χ4v) is 4.99. The van der Waals surface area contributed by atoms with Crippen molar-refractivity contribution in [2.24, 2.45) is 0 Å². The van der Waals surface area contributed by atoms with Crippen LogP contribution in [-0.4, -0.2) is 21.7 Å². The highest BCUT2D eigenvalue weighted by Crippen LogP contribution is 2.47. The van der Waals surface area contributed by atoms with E-state index in [-0.39, 0.29) is 17.4 Å². The Bertz CT molecular complexity index is 1290. The van der Waals surface area contributed by atoms with Gasteiger partial charge in [-0.15, -0.1) is 0 Å². The monoisotopic (exact) mass is 449 g/mol. The number of nitrogens with zero attached hydrogens (tertiary/aromatic N) is 2. The molecule has 0 bridgehead atoms. The van der Waals surface area contributed by atoms with Crippen LogP contribution in [0.2, 0.25) is 0 Å². The van der Waals surface area contributed by atoms with Crippen LogP contribution in [0.4, 0.5) is 5.69 Å². The van der Waals surface area contributed by atoms with E-state index < -0.39 is 5.92 Å². The van der Waals surface area contributed by atoms with E-state index in [9.17, 15) is 15.3 Å². The summed E-state index contributed by atoms with van der Waals surface area (Å²) in [5.41, 5.74) is 5.38. The molecule has 5 nitrogen and oxygen atoms in total. The van der Waals surface area contributed by atoms with Gasteiger partial charge in [0.05, 0.1) is 0 Å². The number of ketones is 1. The van der Waals surface area contributed by atoms with Crippen molar-refractivity contribution < 1.29 is 9.90 Å². The van der Waals surface area contributed by atoms with Crippen LogP contribution >= 0.6 is 0 Å². The first kappa shape index (κ1) is 21.8. The minimum absolute atomic E-state index is 0.0135. The molecular weight excluding hydrogens is 422 g/mol. The van der Waals surface area contributed by atoms with Crippen molar-refractivity contribution in [2.45, 2.75) is 38.5 Å². The molecule has 170 valence electrons. The van der Waals surface area contributed by atoms with Crippen LogP contribution in [0.25, 0.3) is 5.76 Å². The predicted octanol–water partition coefficient (Wildman–Crippen LogP) is 6.20. The highest BCUT2D eigenvalue weighted by Gasteiger charge is 2.43. The summed E-state index contributed by atoms with van der Waals surface area (Å²) in [6, 6.07) is 21.1. The Labute approximate surface area is 199 Å². The van der Waals surface area contributed by atoms with E-state index >= 15 is 0 Å². The smallest absolute Gasteiger partial charge is 0.161 e. The van der Waals surface area contributed by atoms with E-state index in [2.05, 4.69) is 24.0 Å². The third-order valence-electron chi connectivity index (χ3n) is 6.68. The molecule has 0 amide bonds. The van der Waals surface area contributed by atoms with Gasteiger partial charge in [-0.25, -0.2) is 0 Å². The second-order valence-electron chi connectivity index (χ2n) is 8.69. The molecule has 2 aromatic carbocycles. The number of benzene rings is 2. The van der Waals surface area contributed by atoms with Crippen molar-refractivity contribution in [1.29, 1.82) is 5.41 Å². The number of hydrogen-bond donors (Lipinski definition) is 2. The zero-order valence-electron chi connectivity index (χ0n) is 19.2. The number of nitrogens with one attached hydrogen (secondary N) is 1. The van der Waals surface area contributed by atoms with Gasteiger partial charge in [-0.05, 0) is 48.6 Å². The highest BCUT2D eigenvalue weighted by molar-refractivity contribution is 6.19. The maximum Gasteiger partial charge on any atom is 0.161 e. The summed E-state index contributed by atoms with van der Waals surface area (Å²) in [6.45, 7) is 2.11. The summed E-state index contributed by atoms with van der Waals surface area (Å²) in [6.07, 6.45) is 6.26. The first-order valence-corrected chi connectivity index (χ1v) is 11.7. The average Bonchev–Trinajstić information content (AvgIpc) is 2.89. The molecule has 1 aliphatic heterocycles. The van der Waals surface area contributed by atoms with Crippen molar-refractivity contribution in [3.8, 4) is 0 Å². The van der Waals surface area contributed by atoms with Crippen LogP contribution in [0.5, 0.6) is 0 Å². The number of carbonyl (C=O) groups is 1. The van der Waals surface area contributed by atoms with Crippen molar-refractivity contribution in [3.63, 3.8) is 0 Å². The summed E-state index contributed by atoms with van der Waals surface area (Å²) in [7, 11) is 0. The van der Waals surface area contributed by atoms with Crippen molar-refractivity contribution in [2.75, 3.05) is 4.90 Å². The van der Waals surface area contributed by atoms with Gasteiger partial charge in [0.25, 0.3) is 0 Å². The lowest BCUT2D eigenvalue weighted by atomic mass is 9.73. The lowest BCUT2D eigenvalue weighted by Gasteiger charge is -2.41. The number of aliphatic hydroxyl groups excluding tert-OH is 1. The fourth-order valence-electron chi connectivity index (χ4n) is 4.99. The van der Waals surface area contributed by atoms with Gasteiger partial charge in [0.2, 0.25) is 0 Å². The number of allylic oxidation sites excluding steroid dienone is 2. The zero-order valence-corrected chi connectivity index (χ0v) is 19.2. The van der Waals surface area contributed by atoms with Gasteiger partial charge in [0.1, 0.15) is 11.6 Å². The van der Waals surface area contributed by atoms with Crippen molar-refractivity contribution >= 4 is 23.1 Å². The molecule has 0 fully saturated rings. The van der Waals surface area contributed by atoms with E-state index in [4.69, 9.17) is 0 Å². The molecule has 2 N–H and O–H groups in total. The number of Topliss-reactive ketones (excluding diaryl/α,β-unsaturated/α-hetero) is 1. The Morgan fingerprint density at radius 3 is 2.50 bits per heavy atom. The van der Waals surface area contributed by atoms with Crippen LogP contribution in [0.3, 0.4) is 0 Å². The highest BCUT2D eigenvalue weighted by atomic mass is 16.3. The molecule has 34 heavy (non-hydrogen) atoms. The van der Waals surface area contributed by atoms with Gasteiger partial charge in [0.15, 0.2) is 5.78 Å². The maximum atomic E-state index is 13.4. The zero-order chi connectivity index (χ0) is 23.7. The number of aryl methyl sites for hydroxylation is 1. The Morgan fingerprint density at radius 1 is 1.06 bits per heavy atom. The van der Waals surface area contributed by atoms with Crippen LogP contribution in [-0.2, 0) is 11.2 Å². The van der Waals surface area contributed by atoms with Gasteiger partial charge >= 0.3 is 0 Å². The molecule has 1 aliphatic carbocycles. The lowest BCUT2D eigenvalue weighted by Crippen LogP contribution is -2.42. The van der Waals surface area contributed by atoms with Gasteiger partial charge in [-0.1, -0.05) is 55.5 Å². The molecule has 0 spiro atoms. The van der Waals surface area contributed by atoms with Crippen LogP contribution in [0.15, 0.2) is 96.0 Å². The van der Waals surface area contributed by atoms with E-state index in [1.165, 1.54) is 5.56 Å². The first-order chi connectivity index (χ1) is 16.6. The van der Waals surface area contributed by atoms with Gasteiger partial charge in [-0.3, -0.25) is 20.1 Å². The van der Waals surface area contributed by atoms with Crippen molar-refractivity contribution in [3.05, 3.63) is 113 Å². The fraction of sp³-hybridized carbons (Fsp3) is 0.207. The molecule has 2 heterocycles. The topological polar surface area (TPSA) is 77.3 Å². The number of anilines is 1. The van der Waals surface area contributed by atoms with E-state index in [1.54, 1.807) is 12.4 Å². The predicted molar refractivity (Wildman–Crippen MR) is 135 cm³/mol. The van der Waals surface area contributed by atoms with Gasteiger partial charge < -0.3 is 5.11 Å². The SMILES string of the molecule is CCc1ccc(N2C(=N)/C(=C(/O)c3ccccc3)C(c3cccnc3)C3=C2CCCC3=O)cc1. The molecule has 0 saturated heterocycles. The minimum Gasteiger partial charge on any atom is -0.507 e. The van der Waals surface area contributed by atoms with E-state index in [1.807, 2.05) is 59.5 Å². The number of pyridine rings is 1. The Balaban J connectivity index is 1.80. The molecular formula is C29H27N3O2. The molecule has 1 atom stereocenters. The second-order valence-corrected chi connectivity index (χ2v) is 8.69. The quantitative estimate of drug-likeness (QED) is 0.465. The molecule has 0 radical (unpaired) electrons. The number of rotatable bonds is 4. The number of amidine groups is 1. The van der Waals surface area contributed by atoms with E-state index in [0.29, 0.717) is 29.6 Å².